The summed E-state index contributed by atoms with van der Waals surface area (Å²) >= 11 is 0. The molecule has 2 atom stereocenters. The van der Waals surface area contributed by atoms with E-state index in [0.717, 1.165) is 0 Å². The fourth-order valence-electron chi connectivity index (χ4n) is 2.28. The average Bonchev–Trinajstić information content (AvgIpc) is 2.54. The molecule has 1 saturated heterocycles. The van der Waals surface area contributed by atoms with Crippen molar-refractivity contribution < 1.29 is 19.1 Å². The van der Waals surface area contributed by atoms with Crippen molar-refractivity contribution in [1.29, 1.82) is 0 Å². The van der Waals surface area contributed by atoms with Gasteiger partial charge in [0, 0.05) is 0 Å². The highest BCUT2D eigenvalue weighted by Crippen LogP contribution is 2.40. The van der Waals surface area contributed by atoms with Gasteiger partial charge in [-0.15, -0.1) is 0 Å². The molecule has 5 nitrogen and oxygen atoms in total. The molecule has 0 aromatic rings. The minimum absolute atomic E-state index is 0.317. The van der Waals surface area contributed by atoms with Crippen LogP contribution in [0.5, 0.6) is 0 Å². The second-order valence-electron chi connectivity index (χ2n) is 4.59. The molecule has 1 aliphatic rings. The first-order valence-corrected chi connectivity index (χ1v) is 5.23. The summed E-state index contributed by atoms with van der Waals surface area (Å²) in [5.74, 6) is -0.634. The summed E-state index contributed by atoms with van der Waals surface area (Å²) in [5, 5.41) is 0. The quantitative estimate of drug-likeness (QED) is 0.648. The third-order valence-corrected chi connectivity index (χ3v) is 3.83. The molecule has 0 amide bonds. The van der Waals surface area contributed by atoms with E-state index < -0.39 is 11.1 Å². The van der Waals surface area contributed by atoms with E-state index in [9.17, 15) is 9.59 Å². The Morgan fingerprint density at radius 2 is 1.31 bits per heavy atom. The number of ether oxygens (including phenoxy) is 2. The lowest BCUT2D eigenvalue weighted by atomic mass is 9.98. The maximum absolute atomic E-state index is 11.7. The Labute approximate surface area is 95.7 Å². The van der Waals surface area contributed by atoms with Crippen LogP contribution in [0.3, 0.4) is 0 Å². The van der Waals surface area contributed by atoms with Crippen LogP contribution in [0.1, 0.15) is 26.7 Å². The Morgan fingerprint density at radius 3 is 1.56 bits per heavy atom. The van der Waals surface area contributed by atoms with E-state index in [2.05, 4.69) is 0 Å². The summed E-state index contributed by atoms with van der Waals surface area (Å²) in [6, 6.07) is 0. The molecule has 1 aliphatic heterocycles. The third-order valence-electron chi connectivity index (χ3n) is 3.83. The van der Waals surface area contributed by atoms with E-state index >= 15 is 0 Å². The first-order chi connectivity index (χ1) is 7.32. The number of hydrogen-bond acceptors (Lipinski definition) is 5. The molecule has 92 valence electrons. The van der Waals surface area contributed by atoms with Crippen LogP contribution in [0.2, 0.25) is 0 Å². The highest BCUT2D eigenvalue weighted by atomic mass is 16.5. The van der Waals surface area contributed by atoms with Gasteiger partial charge >= 0.3 is 11.9 Å². The second kappa shape index (κ2) is 4.05. The van der Waals surface area contributed by atoms with Gasteiger partial charge in [0.1, 0.15) is 11.1 Å². The van der Waals surface area contributed by atoms with Gasteiger partial charge in [-0.1, -0.05) is 0 Å². The lowest BCUT2D eigenvalue weighted by Gasteiger charge is -2.37. The van der Waals surface area contributed by atoms with Crippen molar-refractivity contribution in [1.82, 2.24) is 4.90 Å². The number of nitrogens with zero attached hydrogens (tertiary/aromatic N) is 1. The van der Waals surface area contributed by atoms with Crippen LogP contribution in [0.25, 0.3) is 0 Å². The summed E-state index contributed by atoms with van der Waals surface area (Å²) in [7, 11) is 4.46. The number of carbonyl (C=O) groups excluding carboxylic acids is 2. The van der Waals surface area contributed by atoms with Crippen LogP contribution in [0.15, 0.2) is 0 Å². The van der Waals surface area contributed by atoms with Crippen LogP contribution in [-0.2, 0) is 19.1 Å². The van der Waals surface area contributed by atoms with Crippen molar-refractivity contribution in [3.05, 3.63) is 0 Å². The van der Waals surface area contributed by atoms with E-state index in [1.165, 1.54) is 14.2 Å². The molecule has 0 spiro atoms. The van der Waals surface area contributed by atoms with Gasteiger partial charge in [0.25, 0.3) is 0 Å². The minimum Gasteiger partial charge on any atom is -0.468 e. The fraction of sp³-hybridized carbons (Fsp3) is 0.818. The Hall–Kier alpha value is -1.10. The number of methoxy groups -OCH3 is 2. The van der Waals surface area contributed by atoms with Crippen molar-refractivity contribution in [2.24, 2.45) is 0 Å². The molecule has 1 heterocycles. The van der Waals surface area contributed by atoms with Gasteiger partial charge < -0.3 is 9.47 Å². The van der Waals surface area contributed by atoms with Crippen molar-refractivity contribution >= 4 is 11.9 Å². The number of likely N-dealkylation sites (tertiary alicyclic amines) is 1. The molecule has 0 saturated carbocycles. The number of esters is 2. The Morgan fingerprint density at radius 1 is 1.00 bits per heavy atom. The zero-order valence-electron chi connectivity index (χ0n) is 10.5. The number of hydrogen-bond donors (Lipinski definition) is 0. The lowest BCUT2D eigenvalue weighted by molar-refractivity contribution is -0.160. The van der Waals surface area contributed by atoms with Gasteiger partial charge in [-0.05, 0) is 33.7 Å². The molecule has 5 heteroatoms. The first-order valence-electron chi connectivity index (χ1n) is 5.23. The predicted octanol–water partition coefficient (Wildman–Crippen LogP) is 0.575. The molecule has 16 heavy (non-hydrogen) atoms. The SMILES string of the molecule is COC(=O)C1(C)CCC(C)(C(=O)OC)N1C. The molecule has 0 bridgehead atoms. The van der Waals surface area contributed by atoms with Gasteiger partial charge in [-0.3, -0.25) is 14.5 Å². The third kappa shape index (κ3) is 1.59. The van der Waals surface area contributed by atoms with Crippen LogP contribution in [0.4, 0.5) is 0 Å². The van der Waals surface area contributed by atoms with Crippen LogP contribution in [-0.4, -0.2) is 49.2 Å². The van der Waals surface area contributed by atoms with Gasteiger partial charge in [0.05, 0.1) is 14.2 Å². The average molecular weight is 229 g/mol. The largest absolute Gasteiger partial charge is 0.468 e. The smallest absolute Gasteiger partial charge is 0.326 e. The predicted molar refractivity (Wildman–Crippen MR) is 57.8 cm³/mol. The molecular formula is C11H19NO4. The monoisotopic (exact) mass is 229 g/mol. The summed E-state index contributed by atoms with van der Waals surface area (Å²) in [6.07, 6.45) is 1.17. The summed E-state index contributed by atoms with van der Waals surface area (Å²) < 4.78 is 9.56. The normalized spacial score (nSPS) is 34.8. The van der Waals surface area contributed by atoms with Gasteiger partial charge in [-0.25, -0.2) is 0 Å². The van der Waals surface area contributed by atoms with E-state index in [4.69, 9.17) is 9.47 Å². The summed E-state index contributed by atoms with van der Waals surface area (Å²) in [6.45, 7) is 3.57. The zero-order valence-corrected chi connectivity index (χ0v) is 10.5. The molecule has 2 unspecified atom stereocenters. The van der Waals surface area contributed by atoms with Crippen molar-refractivity contribution in [3.8, 4) is 0 Å². The van der Waals surface area contributed by atoms with Crippen LogP contribution in [0, 0.1) is 0 Å². The van der Waals surface area contributed by atoms with Crippen LogP contribution < -0.4 is 0 Å². The van der Waals surface area contributed by atoms with Gasteiger partial charge in [0.2, 0.25) is 0 Å². The second-order valence-corrected chi connectivity index (χ2v) is 4.59. The highest BCUT2D eigenvalue weighted by molar-refractivity contribution is 5.86. The topological polar surface area (TPSA) is 55.8 Å². The standard InChI is InChI=1S/C11H19NO4/c1-10(8(13)15-4)6-7-11(2,12(10)3)9(14)16-5/h6-7H2,1-5H3. The Balaban J connectivity index is 3.01. The van der Waals surface area contributed by atoms with Gasteiger partial charge in [-0.2, -0.15) is 0 Å². The number of carbonyl (C=O) groups is 2. The maximum atomic E-state index is 11.7. The molecule has 0 radical (unpaired) electrons. The Kier molecular flexibility index (Phi) is 3.28. The molecule has 1 fully saturated rings. The molecule has 1 rings (SSSR count). The number of rotatable bonds is 2. The summed E-state index contributed by atoms with van der Waals surface area (Å²) in [5.41, 5.74) is -1.50. The van der Waals surface area contributed by atoms with E-state index in [1.807, 2.05) is 0 Å². The first kappa shape index (κ1) is 13.0. The molecular weight excluding hydrogens is 210 g/mol. The van der Waals surface area contributed by atoms with E-state index in [-0.39, 0.29) is 11.9 Å². The van der Waals surface area contributed by atoms with Crippen LogP contribution >= 0.6 is 0 Å². The van der Waals surface area contributed by atoms with Crippen molar-refractivity contribution in [2.75, 3.05) is 21.3 Å². The van der Waals surface area contributed by atoms with E-state index in [1.54, 1.807) is 25.8 Å². The Bertz CT molecular complexity index is 287. The lowest BCUT2D eigenvalue weighted by Crippen LogP contribution is -2.56. The van der Waals surface area contributed by atoms with E-state index in [0.29, 0.717) is 12.8 Å². The maximum Gasteiger partial charge on any atom is 0.326 e. The van der Waals surface area contributed by atoms with Gasteiger partial charge in [0.15, 0.2) is 0 Å². The van der Waals surface area contributed by atoms with Crippen molar-refractivity contribution in [3.63, 3.8) is 0 Å². The summed E-state index contributed by atoms with van der Waals surface area (Å²) in [4.78, 5) is 25.2. The highest BCUT2D eigenvalue weighted by Gasteiger charge is 2.56. The molecule has 0 aromatic carbocycles. The van der Waals surface area contributed by atoms with Crippen molar-refractivity contribution in [2.45, 2.75) is 37.8 Å². The minimum atomic E-state index is -0.752. The molecule has 0 N–H and O–H groups in total. The molecule has 0 aliphatic carbocycles. The molecule has 0 aromatic heterocycles. The zero-order chi connectivity index (χ0) is 12.6. The fourth-order valence-corrected chi connectivity index (χ4v) is 2.28. The number of likely N-dealkylation sites (N-methyl/N-ethyl adjacent to an activating group) is 1.